The minimum atomic E-state index is 0.267. The third-order valence-corrected chi connectivity index (χ3v) is 4.54. The van der Waals surface area contributed by atoms with Gasteiger partial charge in [-0.25, -0.2) is 0 Å². The molecule has 2 aromatic heterocycles. The highest BCUT2D eigenvalue weighted by Gasteiger charge is 2.20. The summed E-state index contributed by atoms with van der Waals surface area (Å²) in [6.07, 6.45) is 0.612. The number of carbonyl (C=O) groups excluding carboxylic acids is 1. The van der Waals surface area contributed by atoms with E-state index in [0.29, 0.717) is 13.0 Å². The van der Waals surface area contributed by atoms with E-state index >= 15 is 0 Å². The van der Waals surface area contributed by atoms with Gasteiger partial charge < -0.3 is 4.90 Å². The van der Waals surface area contributed by atoms with E-state index in [1.807, 2.05) is 28.5 Å². The van der Waals surface area contributed by atoms with E-state index in [1.165, 1.54) is 0 Å². The van der Waals surface area contributed by atoms with Crippen LogP contribution in [0.4, 0.5) is 5.82 Å². The SMILES string of the molecule is O=C1CCN(c2ccc(-c3cc(Br)cs3)nn2)C1. The summed E-state index contributed by atoms with van der Waals surface area (Å²) < 4.78 is 1.05. The van der Waals surface area contributed by atoms with Gasteiger partial charge in [0.15, 0.2) is 11.6 Å². The average molecular weight is 324 g/mol. The highest BCUT2D eigenvalue weighted by atomic mass is 79.9. The molecule has 0 amide bonds. The van der Waals surface area contributed by atoms with Crippen molar-refractivity contribution in [1.29, 1.82) is 0 Å². The van der Waals surface area contributed by atoms with Gasteiger partial charge in [-0.15, -0.1) is 21.5 Å². The molecule has 18 heavy (non-hydrogen) atoms. The van der Waals surface area contributed by atoms with Gasteiger partial charge in [0.1, 0.15) is 5.69 Å². The standard InChI is InChI=1S/C12H10BrN3OS/c13-8-5-11(18-7-8)10-1-2-12(15-14-10)16-4-3-9(17)6-16/h1-2,5,7H,3-4,6H2. The summed E-state index contributed by atoms with van der Waals surface area (Å²) in [7, 11) is 0. The molecule has 2 aromatic rings. The van der Waals surface area contributed by atoms with Crippen molar-refractivity contribution in [2.24, 2.45) is 0 Å². The molecule has 0 aliphatic carbocycles. The van der Waals surface area contributed by atoms with Crippen molar-refractivity contribution in [3.05, 3.63) is 28.1 Å². The molecule has 0 aromatic carbocycles. The Bertz CT molecular complexity index is 581. The number of Topliss-reactive ketones (excluding diaryl/α,β-unsaturated/α-hetero) is 1. The van der Waals surface area contributed by atoms with Crippen molar-refractivity contribution in [2.45, 2.75) is 6.42 Å². The van der Waals surface area contributed by atoms with E-state index in [4.69, 9.17) is 0 Å². The first-order valence-electron chi connectivity index (χ1n) is 5.57. The zero-order chi connectivity index (χ0) is 12.5. The van der Waals surface area contributed by atoms with Gasteiger partial charge in [0.2, 0.25) is 0 Å². The lowest BCUT2D eigenvalue weighted by Gasteiger charge is -2.13. The predicted molar refractivity (Wildman–Crippen MR) is 74.9 cm³/mol. The molecule has 1 saturated heterocycles. The van der Waals surface area contributed by atoms with Gasteiger partial charge in [-0.3, -0.25) is 4.79 Å². The van der Waals surface area contributed by atoms with E-state index < -0.39 is 0 Å². The van der Waals surface area contributed by atoms with Crippen LogP contribution < -0.4 is 4.90 Å². The fourth-order valence-electron chi connectivity index (χ4n) is 1.90. The lowest BCUT2D eigenvalue weighted by atomic mass is 10.3. The molecular weight excluding hydrogens is 314 g/mol. The average Bonchev–Trinajstić information content (AvgIpc) is 2.98. The van der Waals surface area contributed by atoms with Crippen LogP contribution in [0, 0.1) is 0 Å². The molecule has 0 saturated carbocycles. The zero-order valence-electron chi connectivity index (χ0n) is 9.47. The zero-order valence-corrected chi connectivity index (χ0v) is 11.9. The Kier molecular flexibility index (Phi) is 3.13. The molecule has 0 unspecified atom stereocenters. The van der Waals surface area contributed by atoms with Gasteiger partial charge in [-0.05, 0) is 34.1 Å². The molecule has 0 atom stereocenters. The largest absolute Gasteiger partial charge is 0.347 e. The second-order valence-corrected chi connectivity index (χ2v) is 5.94. The lowest BCUT2D eigenvalue weighted by molar-refractivity contribution is -0.116. The minimum absolute atomic E-state index is 0.267. The number of hydrogen-bond donors (Lipinski definition) is 0. The van der Waals surface area contributed by atoms with Gasteiger partial charge in [-0.2, -0.15) is 0 Å². The van der Waals surface area contributed by atoms with Crippen molar-refractivity contribution in [2.75, 3.05) is 18.0 Å². The van der Waals surface area contributed by atoms with E-state index in [1.54, 1.807) is 11.3 Å². The highest BCUT2D eigenvalue weighted by Crippen LogP contribution is 2.28. The smallest absolute Gasteiger partial charge is 0.153 e. The fourth-order valence-corrected chi connectivity index (χ4v) is 3.29. The first-order valence-corrected chi connectivity index (χ1v) is 7.24. The number of thiophene rings is 1. The number of rotatable bonds is 2. The van der Waals surface area contributed by atoms with Crippen LogP contribution in [0.1, 0.15) is 6.42 Å². The fraction of sp³-hybridized carbons (Fsp3) is 0.250. The van der Waals surface area contributed by atoms with Crippen LogP contribution in [0.15, 0.2) is 28.1 Å². The van der Waals surface area contributed by atoms with Crippen molar-refractivity contribution in [3.63, 3.8) is 0 Å². The van der Waals surface area contributed by atoms with Crippen molar-refractivity contribution in [3.8, 4) is 10.6 Å². The third kappa shape index (κ3) is 2.30. The van der Waals surface area contributed by atoms with Gasteiger partial charge in [0, 0.05) is 22.8 Å². The van der Waals surface area contributed by atoms with Crippen LogP contribution >= 0.6 is 27.3 Å². The molecule has 1 aliphatic rings. The van der Waals surface area contributed by atoms with Gasteiger partial charge in [-0.1, -0.05) is 0 Å². The van der Waals surface area contributed by atoms with Gasteiger partial charge >= 0.3 is 0 Å². The quantitative estimate of drug-likeness (QED) is 0.852. The van der Waals surface area contributed by atoms with Crippen LogP contribution in [0.2, 0.25) is 0 Å². The second kappa shape index (κ2) is 4.78. The molecule has 4 nitrogen and oxygen atoms in total. The Morgan fingerprint density at radius 2 is 2.22 bits per heavy atom. The molecule has 3 rings (SSSR count). The summed E-state index contributed by atoms with van der Waals surface area (Å²) >= 11 is 5.04. The van der Waals surface area contributed by atoms with E-state index in [2.05, 4.69) is 26.1 Å². The van der Waals surface area contributed by atoms with Gasteiger partial charge in [0.25, 0.3) is 0 Å². The molecule has 1 aliphatic heterocycles. The summed E-state index contributed by atoms with van der Waals surface area (Å²) in [6, 6.07) is 5.89. The maximum Gasteiger partial charge on any atom is 0.153 e. The molecule has 92 valence electrons. The molecule has 6 heteroatoms. The number of ketones is 1. The number of aromatic nitrogens is 2. The van der Waals surface area contributed by atoms with Crippen molar-refractivity contribution in [1.82, 2.24) is 10.2 Å². The summed E-state index contributed by atoms with van der Waals surface area (Å²) in [5.41, 5.74) is 0.861. The molecule has 0 N–H and O–H groups in total. The summed E-state index contributed by atoms with van der Waals surface area (Å²) in [6.45, 7) is 1.20. The second-order valence-electron chi connectivity index (χ2n) is 4.12. The van der Waals surface area contributed by atoms with Crippen LogP contribution in [-0.4, -0.2) is 29.1 Å². The molecule has 0 radical (unpaired) electrons. The van der Waals surface area contributed by atoms with Crippen LogP contribution in [0.5, 0.6) is 0 Å². The third-order valence-electron chi connectivity index (χ3n) is 2.82. The summed E-state index contributed by atoms with van der Waals surface area (Å²) in [5.74, 6) is 1.04. The molecule has 1 fully saturated rings. The summed E-state index contributed by atoms with van der Waals surface area (Å²) in [4.78, 5) is 14.3. The Balaban J connectivity index is 1.83. The first kappa shape index (κ1) is 11.8. The Morgan fingerprint density at radius 1 is 1.33 bits per heavy atom. The number of carbonyl (C=O) groups is 1. The topological polar surface area (TPSA) is 46.1 Å². The van der Waals surface area contributed by atoms with Crippen LogP contribution in [0.3, 0.4) is 0 Å². The minimum Gasteiger partial charge on any atom is -0.347 e. The summed E-state index contributed by atoms with van der Waals surface area (Å²) in [5, 5.41) is 10.4. The first-order chi connectivity index (χ1) is 8.72. The monoisotopic (exact) mass is 323 g/mol. The highest BCUT2D eigenvalue weighted by molar-refractivity contribution is 9.10. The number of hydrogen-bond acceptors (Lipinski definition) is 5. The molecule has 0 spiro atoms. The van der Waals surface area contributed by atoms with Crippen molar-refractivity contribution < 1.29 is 4.79 Å². The van der Waals surface area contributed by atoms with E-state index in [9.17, 15) is 4.79 Å². The van der Waals surface area contributed by atoms with Crippen LogP contribution in [0.25, 0.3) is 10.6 Å². The predicted octanol–water partition coefficient (Wildman–Crippen LogP) is 2.75. The van der Waals surface area contributed by atoms with Crippen molar-refractivity contribution >= 4 is 38.9 Å². The Morgan fingerprint density at radius 3 is 2.78 bits per heavy atom. The maximum absolute atomic E-state index is 11.2. The number of nitrogens with zero attached hydrogens (tertiary/aromatic N) is 3. The number of halogens is 1. The van der Waals surface area contributed by atoms with E-state index in [0.717, 1.165) is 27.4 Å². The van der Waals surface area contributed by atoms with Gasteiger partial charge in [0.05, 0.1) is 11.4 Å². The van der Waals surface area contributed by atoms with E-state index in [-0.39, 0.29) is 5.78 Å². The Hall–Kier alpha value is -1.27. The molecule has 0 bridgehead atoms. The normalized spacial score (nSPS) is 15.4. The lowest BCUT2D eigenvalue weighted by Crippen LogP contribution is -2.20. The number of anilines is 1. The molecular formula is C12H10BrN3OS. The van der Waals surface area contributed by atoms with Crippen LogP contribution in [-0.2, 0) is 4.79 Å². The molecule has 3 heterocycles. The Labute approximate surface area is 117 Å². The maximum atomic E-state index is 11.2.